The Hall–Kier alpha value is -2.48. The van der Waals surface area contributed by atoms with Gasteiger partial charge in [0.2, 0.25) is 0 Å². The molecule has 7 nitrogen and oxygen atoms in total. The lowest BCUT2D eigenvalue weighted by Crippen LogP contribution is -2.26. The minimum Gasteiger partial charge on any atom is -0.308 e. The number of nitrogens with one attached hydrogen (secondary N) is 1. The fraction of sp³-hybridized carbons (Fsp3) is 0.0909. The molecule has 0 radical (unpaired) electrons. The number of thiophene rings is 1. The van der Waals surface area contributed by atoms with Gasteiger partial charge in [0.15, 0.2) is 0 Å². The molecule has 96 valence electrons. The molecule has 0 spiro atoms. The number of carbonyl (C=O) groups excluding carboxylic acids is 1. The van der Waals surface area contributed by atoms with Crippen molar-refractivity contribution in [2.75, 3.05) is 11.9 Å². The van der Waals surface area contributed by atoms with Crippen molar-refractivity contribution < 1.29 is 4.79 Å². The van der Waals surface area contributed by atoms with Crippen LogP contribution in [0.3, 0.4) is 0 Å². The molecule has 1 N–H and O–H groups in total. The van der Waals surface area contributed by atoms with Gasteiger partial charge < -0.3 is 4.90 Å². The zero-order chi connectivity index (χ0) is 13.2. The molecule has 3 heterocycles. The number of hydrogen-bond donors (Lipinski definition) is 1. The molecule has 0 bridgehead atoms. The number of amides is 1. The van der Waals surface area contributed by atoms with Crippen molar-refractivity contribution >= 4 is 22.9 Å². The number of anilines is 1. The lowest BCUT2D eigenvalue weighted by atomic mass is 10.3. The van der Waals surface area contributed by atoms with Crippen molar-refractivity contribution in [1.29, 1.82) is 0 Å². The standard InChI is InChI=1S/C11H10N6OS/c1-16(8-6-13-14-7-8)11(18)10-9(2-5-19-10)17-4-3-12-15-17/h2-7H,1H3,(H,13,14). The van der Waals surface area contributed by atoms with Crippen LogP contribution in [0.15, 0.2) is 36.2 Å². The van der Waals surface area contributed by atoms with Crippen LogP contribution in [0.2, 0.25) is 0 Å². The molecule has 0 fully saturated rings. The summed E-state index contributed by atoms with van der Waals surface area (Å²) >= 11 is 1.37. The number of aromatic amines is 1. The zero-order valence-corrected chi connectivity index (χ0v) is 10.8. The first-order valence-electron chi connectivity index (χ1n) is 5.48. The van der Waals surface area contributed by atoms with E-state index in [1.165, 1.54) is 16.2 Å². The highest BCUT2D eigenvalue weighted by atomic mass is 32.1. The third-order valence-corrected chi connectivity index (χ3v) is 3.58. The highest BCUT2D eigenvalue weighted by Crippen LogP contribution is 2.23. The second-order valence-corrected chi connectivity index (χ2v) is 4.72. The number of H-pyrrole nitrogens is 1. The molecule has 0 saturated carbocycles. The Morgan fingerprint density at radius 1 is 1.53 bits per heavy atom. The minimum atomic E-state index is -0.109. The number of aromatic nitrogens is 5. The summed E-state index contributed by atoms with van der Waals surface area (Å²) in [6.07, 6.45) is 6.55. The molecule has 0 aliphatic carbocycles. The van der Waals surface area contributed by atoms with Gasteiger partial charge in [-0.1, -0.05) is 5.21 Å². The van der Waals surface area contributed by atoms with Gasteiger partial charge in [0.25, 0.3) is 5.91 Å². The van der Waals surface area contributed by atoms with E-state index in [2.05, 4.69) is 20.5 Å². The van der Waals surface area contributed by atoms with Gasteiger partial charge in [-0.3, -0.25) is 9.89 Å². The largest absolute Gasteiger partial charge is 0.308 e. The molecule has 19 heavy (non-hydrogen) atoms. The summed E-state index contributed by atoms with van der Waals surface area (Å²) in [6, 6.07) is 1.84. The van der Waals surface area contributed by atoms with E-state index in [1.807, 2.05) is 11.4 Å². The van der Waals surface area contributed by atoms with Crippen LogP contribution >= 0.6 is 11.3 Å². The summed E-state index contributed by atoms with van der Waals surface area (Å²) in [5, 5.41) is 16.0. The molecule has 3 aromatic rings. The van der Waals surface area contributed by atoms with Crippen LogP contribution in [0, 0.1) is 0 Å². The average Bonchev–Trinajstić information content (AvgIpc) is 3.15. The summed E-state index contributed by atoms with van der Waals surface area (Å²) in [6.45, 7) is 0. The molecule has 3 aromatic heterocycles. The van der Waals surface area contributed by atoms with Gasteiger partial charge in [0.1, 0.15) is 4.88 Å². The lowest BCUT2D eigenvalue weighted by molar-refractivity contribution is 0.0996. The van der Waals surface area contributed by atoms with E-state index < -0.39 is 0 Å². The van der Waals surface area contributed by atoms with Crippen LogP contribution < -0.4 is 4.90 Å². The predicted octanol–water partition coefficient (Wildman–Crippen LogP) is 1.33. The molecule has 3 rings (SSSR count). The highest BCUT2D eigenvalue weighted by molar-refractivity contribution is 7.12. The number of nitrogens with zero attached hydrogens (tertiary/aromatic N) is 5. The molecular weight excluding hydrogens is 264 g/mol. The van der Waals surface area contributed by atoms with Crippen LogP contribution in [0.4, 0.5) is 5.69 Å². The van der Waals surface area contributed by atoms with Crippen molar-refractivity contribution in [3.63, 3.8) is 0 Å². The number of carbonyl (C=O) groups is 1. The second-order valence-electron chi connectivity index (χ2n) is 3.80. The molecule has 0 aliphatic heterocycles. The summed E-state index contributed by atoms with van der Waals surface area (Å²) in [5.41, 5.74) is 1.44. The topological polar surface area (TPSA) is 79.7 Å². The van der Waals surface area contributed by atoms with Crippen molar-refractivity contribution in [2.24, 2.45) is 0 Å². The van der Waals surface area contributed by atoms with Crippen molar-refractivity contribution in [3.8, 4) is 5.69 Å². The van der Waals surface area contributed by atoms with Gasteiger partial charge in [-0.2, -0.15) is 5.10 Å². The fourth-order valence-electron chi connectivity index (χ4n) is 1.68. The molecule has 0 aromatic carbocycles. The Labute approximate surface area is 112 Å². The van der Waals surface area contributed by atoms with E-state index in [4.69, 9.17) is 0 Å². The molecule has 0 atom stereocenters. The molecule has 0 unspecified atom stereocenters. The second kappa shape index (κ2) is 4.65. The van der Waals surface area contributed by atoms with Gasteiger partial charge in [0, 0.05) is 13.2 Å². The van der Waals surface area contributed by atoms with Crippen molar-refractivity contribution in [3.05, 3.63) is 41.1 Å². The van der Waals surface area contributed by atoms with Crippen LogP contribution in [-0.2, 0) is 0 Å². The summed E-state index contributed by atoms with van der Waals surface area (Å²) in [7, 11) is 1.71. The smallest absolute Gasteiger partial charge is 0.270 e. The van der Waals surface area contributed by atoms with E-state index in [1.54, 1.807) is 36.5 Å². The normalized spacial score (nSPS) is 10.6. The maximum absolute atomic E-state index is 12.5. The van der Waals surface area contributed by atoms with Gasteiger partial charge in [-0.25, -0.2) is 4.68 Å². The van der Waals surface area contributed by atoms with Crippen molar-refractivity contribution in [1.82, 2.24) is 25.2 Å². The zero-order valence-electron chi connectivity index (χ0n) is 10.0. The maximum Gasteiger partial charge on any atom is 0.270 e. The molecule has 0 saturated heterocycles. The highest BCUT2D eigenvalue weighted by Gasteiger charge is 2.20. The average molecular weight is 274 g/mol. The Bertz CT molecular complexity index is 672. The van der Waals surface area contributed by atoms with Gasteiger partial charge in [-0.05, 0) is 11.4 Å². The van der Waals surface area contributed by atoms with E-state index in [-0.39, 0.29) is 5.91 Å². The number of rotatable bonds is 3. The Morgan fingerprint density at radius 2 is 2.42 bits per heavy atom. The van der Waals surface area contributed by atoms with Gasteiger partial charge >= 0.3 is 0 Å². The fourth-order valence-corrected chi connectivity index (χ4v) is 2.53. The van der Waals surface area contributed by atoms with Crippen LogP contribution in [0.25, 0.3) is 5.69 Å². The number of hydrogen-bond acceptors (Lipinski definition) is 5. The predicted molar refractivity (Wildman–Crippen MR) is 70.6 cm³/mol. The van der Waals surface area contributed by atoms with Crippen LogP contribution in [-0.4, -0.2) is 38.1 Å². The SMILES string of the molecule is CN(C(=O)c1sccc1-n1ccnn1)c1cn[nH]c1. The Balaban J connectivity index is 1.95. The summed E-state index contributed by atoms with van der Waals surface area (Å²) in [4.78, 5) is 14.6. The van der Waals surface area contributed by atoms with Gasteiger partial charge in [0.05, 0.1) is 30.0 Å². The minimum absolute atomic E-state index is 0.109. The lowest BCUT2D eigenvalue weighted by Gasteiger charge is -2.14. The van der Waals surface area contributed by atoms with Crippen LogP contribution in [0.1, 0.15) is 9.67 Å². The van der Waals surface area contributed by atoms with E-state index in [9.17, 15) is 4.79 Å². The summed E-state index contributed by atoms with van der Waals surface area (Å²) in [5.74, 6) is -0.109. The van der Waals surface area contributed by atoms with E-state index >= 15 is 0 Å². The first-order chi connectivity index (χ1) is 9.27. The van der Waals surface area contributed by atoms with E-state index in [0.29, 0.717) is 10.6 Å². The molecule has 1 amide bonds. The van der Waals surface area contributed by atoms with E-state index in [0.717, 1.165) is 5.69 Å². The Kier molecular flexibility index (Phi) is 2.84. The third kappa shape index (κ3) is 2.02. The molecule has 0 aliphatic rings. The molecule has 8 heteroatoms. The van der Waals surface area contributed by atoms with Crippen molar-refractivity contribution in [2.45, 2.75) is 0 Å². The maximum atomic E-state index is 12.5. The summed E-state index contributed by atoms with van der Waals surface area (Å²) < 4.78 is 1.58. The Morgan fingerprint density at radius 3 is 3.11 bits per heavy atom. The van der Waals surface area contributed by atoms with Gasteiger partial charge in [-0.15, -0.1) is 16.4 Å². The third-order valence-electron chi connectivity index (χ3n) is 2.68. The first-order valence-corrected chi connectivity index (χ1v) is 6.36. The monoisotopic (exact) mass is 274 g/mol. The molecular formula is C11H10N6OS. The first kappa shape index (κ1) is 11.6. The quantitative estimate of drug-likeness (QED) is 0.781. The van der Waals surface area contributed by atoms with Crippen LogP contribution in [0.5, 0.6) is 0 Å².